The van der Waals surface area contributed by atoms with E-state index in [4.69, 9.17) is 0 Å². The summed E-state index contributed by atoms with van der Waals surface area (Å²) < 4.78 is 0. The minimum Gasteiger partial charge on any atom is -0.348 e. The molecule has 1 rings (SSSR count). The van der Waals surface area contributed by atoms with E-state index in [0.29, 0.717) is 12.5 Å². The second-order valence-electron chi connectivity index (χ2n) is 4.88. The molecular formula is C15H24N2O. The molecule has 3 nitrogen and oxygen atoms in total. The van der Waals surface area contributed by atoms with Crippen molar-refractivity contribution in [2.75, 3.05) is 13.1 Å². The molecule has 1 amide bonds. The molecule has 1 aromatic rings. The van der Waals surface area contributed by atoms with Crippen molar-refractivity contribution in [1.82, 2.24) is 10.6 Å². The molecule has 0 heterocycles. The fraction of sp³-hybridized carbons (Fsp3) is 0.533. The lowest BCUT2D eigenvalue weighted by Crippen LogP contribution is -2.38. The Balaban J connectivity index is 2.56. The third kappa shape index (κ3) is 4.88. The van der Waals surface area contributed by atoms with Gasteiger partial charge in [0.25, 0.3) is 0 Å². The zero-order valence-corrected chi connectivity index (χ0v) is 11.6. The molecule has 0 radical (unpaired) electrons. The lowest BCUT2D eigenvalue weighted by atomic mass is 9.96. The molecule has 0 saturated heterocycles. The molecule has 3 heteroatoms. The van der Waals surface area contributed by atoms with Crippen molar-refractivity contribution >= 4 is 5.91 Å². The molecule has 0 aliphatic rings. The highest BCUT2D eigenvalue weighted by molar-refractivity contribution is 5.78. The van der Waals surface area contributed by atoms with Crippen LogP contribution in [0.15, 0.2) is 30.3 Å². The molecule has 18 heavy (non-hydrogen) atoms. The minimum absolute atomic E-state index is 0.0611. The van der Waals surface area contributed by atoms with Gasteiger partial charge >= 0.3 is 0 Å². The second-order valence-corrected chi connectivity index (χ2v) is 4.88. The summed E-state index contributed by atoms with van der Waals surface area (Å²) in [5.74, 6) is 0.438. The average molecular weight is 248 g/mol. The van der Waals surface area contributed by atoms with Crippen molar-refractivity contribution in [3.63, 3.8) is 0 Å². The monoisotopic (exact) mass is 248 g/mol. The Hall–Kier alpha value is -1.35. The molecule has 2 N–H and O–H groups in total. The van der Waals surface area contributed by atoms with Gasteiger partial charge in [-0.15, -0.1) is 0 Å². The first-order chi connectivity index (χ1) is 8.65. The van der Waals surface area contributed by atoms with Crippen LogP contribution in [-0.4, -0.2) is 19.0 Å². The highest BCUT2D eigenvalue weighted by Crippen LogP contribution is 2.20. The first kappa shape index (κ1) is 14.7. The van der Waals surface area contributed by atoms with Crippen LogP contribution in [0.3, 0.4) is 0 Å². The molecule has 0 aliphatic heterocycles. The zero-order valence-electron chi connectivity index (χ0n) is 11.6. The van der Waals surface area contributed by atoms with Gasteiger partial charge in [-0.1, -0.05) is 51.1 Å². The van der Waals surface area contributed by atoms with E-state index in [9.17, 15) is 4.79 Å². The number of nitrogens with one attached hydrogen (secondary N) is 2. The van der Waals surface area contributed by atoms with Gasteiger partial charge in [0.1, 0.15) is 0 Å². The van der Waals surface area contributed by atoms with Gasteiger partial charge in [0.2, 0.25) is 5.91 Å². The summed E-state index contributed by atoms with van der Waals surface area (Å²) in [4.78, 5) is 11.8. The number of hydrogen-bond acceptors (Lipinski definition) is 2. The van der Waals surface area contributed by atoms with E-state index < -0.39 is 0 Å². The fourth-order valence-electron chi connectivity index (χ4n) is 1.90. The van der Waals surface area contributed by atoms with Crippen LogP contribution < -0.4 is 10.6 Å². The Labute approximate surface area is 110 Å². The Morgan fingerprint density at radius 1 is 1.22 bits per heavy atom. The van der Waals surface area contributed by atoms with Crippen LogP contribution in [-0.2, 0) is 4.79 Å². The lowest BCUT2D eigenvalue weighted by molar-refractivity contribution is -0.121. The maximum absolute atomic E-state index is 11.8. The zero-order chi connectivity index (χ0) is 13.4. The number of amides is 1. The van der Waals surface area contributed by atoms with Gasteiger partial charge in [-0.2, -0.15) is 0 Å². The van der Waals surface area contributed by atoms with E-state index in [1.165, 1.54) is 0 Å². The van der Waals surface area contributed by atoms with E-state index >= 15 is 0 Å². The summed E-state index contributed by atoms with van der Waals surface area (Å²) in [6, 6.07) is 10.2. The van der Waals surface area contributed by atoms with E-state index in [1.807, 2.05) is 18.2 Å². The topological polar surface area (TPSA) is 41.1 Å². The Kier molecular flexibility index (Phi) is 6.44. The van der Waals surface area contributed by atoms with Gasteiger partial charge in [-0.3, -0.25) is 4.79 Å². The SMILES string of the molecule is CCCNCC(=O)NC(c1ccccc1)C(C)C. The smallest absolute Gasteiger partial charge is 0.234 e. The normalized spacial score (nSPS) is 12.4. The third-order valence-electron chi connectivity index (χ3n) is 2.85. The van der Waals surface area contributed by atoms with Gasteiger partial charge < -0.3 is 10.6 Å². The summed E-state index contributed by atoms with van der Waals surface area (Å²) in [6.45, 7) is 7.61. The highest BCUT2D eigenvalue weighted by Gasteiger charge is 2.17. The van der Waals surface area contributed by atoms with Crippen molar-refractivity contribution in [3.05, 3.63) is 35.9 Å². The number of carbonyl (C=O) groups excluding carboxylic acids is 1. The predicted octanol–water partition coefficient (Wildman–Crippen LogP) is 2.50. The van der Waals surface area contributed by atoms with E-state index in [0.717, 1.165) is 18.5 Å². The third-order valence-corrected chi connectivity index (χ3v) is 2.85. The first-order valence-corrected chi connectivity index (χ1v) is 6.70. The number of hydrogen-bond donors (Lipinski definition) is 2. The summed E-state index contributed by atoms with van der Waals surface area (Å²) in [5.41, 5.74) is 1.16. The van der Waals surface area contributed by atoms with Crippen LogP contribution in [0.1, 0.15) is 38.8 Å². The van der Waals surface area contributed by atoms with E-state index in [2.05, 4.69) is 43.5 Å². The summed E-state index contributed by atoms with van der Waals surface area (Å²) in [5, 5.41) is 6.21. The maximum atomic E-state index is 11.8. The van der Waals surface area contributed by atoms with Crippen LogP contribution in [0.25, 0.3) is 0 Å². The average Bonchev–Trinajstić information content (AvgIpc) is 2.37. The highest BCUT2D eigenvalue weighted by atomic mass is 16.1. The number of rotatable bonds is 7. The molecule has 0 spiro atoms. The Bertz CT molecular complexity index is 349. The van der Waals surface area contributed by atoms with Crippen molar-refractivity contribution in [2.45, 2.75) is 33.2 Å². The fourth-order valence-corrected chi connectivity index (χ4v) is 1.90. The number of carbonyl (C=O) groups is 1. The summed E-state index contributed by atoms with van der Waals surface area (Å²) in [7, 11) is 0. The molecule has 100 valence electrons. The van der Waals surface area contributed by atoms with Crippen molar-refractivity contribution in [1.29, 1.82) is 0 Å². The van der Waals surface area contributed by atoms with Crippen molar-refractivity contribution < 1.29 is 4.79 Å². The molecule has 0 bridgehead atoms. The van der Waals surface area contributed by atoms with Gasteiger partial charge in [0, 0.05) is 0 Å². The second kappa shape index (κ2) is 7.88. The van der Waals surface area contributed by atoms with Crippen molar-refractivity contribution in [3.8, 4) is 0 Å². The van der Waals surface area contributed by atoms with E-state index in [-0.39, 0.29) is 11.9 Å². The van der Waals surface area contributed by atoms with Gasteiger partial charge in [-0.25, -0.2) is 0 Å². The van der Waals surface area contributed by atoms with Crippen LogP contribution in [0, 0.1) is 5.92 Å². The molecule has 0 saturated carbocycles. The predicted molar refractivity (Wildman–Crippen MR) is 75.3 cm³/mol. The van der Waals surface area contributed by atoms with Gasteiger partial charge in [-0.05, 0) is 24.4 Å². The summed E-state index contributed by atoms with van der Waals surface area (Å²) in [6.07, 6.45) is 1.04. The van der Waals surface area contributed by atoms with Crippen LogP contribution in [0.5, 0.6) is 0 Å². The van der Waals surface area contributed by atoms with Gasteiger partial charge in [0.15, 0.2) is 0 Å². The standard InChI is InChI=1S/C15H24N2O/c1-4-10-16-11-14(18)17-15(12(2)3)13-8-6-5-7-9-13/h5-9,12,15-16H,4,10-11H2,1-3H3,(H,17,18). The Morgan fingerprint density at radius 2 is 1.89 bits per heavy atom. The molecule has 0 fully saturated rings. The van der Waals surface area contributed by atoms with Gasteiger partial charge in [0.05, 0.1) is 12.6 Å². The molecule has 1 unspecified atom stereocenters. The van der Waals surface area contributed by atoms with Crippen LogP contribution in [0.2, 0.25) is 0 Å². The summed E-state index contributed by atoms with van der Waals surface area (Å²) >= 11 is 0. The molecule has 1 atom stereocenters. The quantitative estimate of drug-likeness (QED) is 0.728. The van der Waals surface area contributed by atoms with Crippen LogP contribution >= 0.6 is 0 Å². The first-order valence-electron chi connectivity index (χ1n) is 6.70. The number of benzene rings is 1. The van der Waals surface area contributed by atoms with Crippen LogP contribution in [0.4, 0.5) is 0 Å². The lowest BCUT2D eigenvalue weighted by Gasteiger charge is -2.23. The maximum Gasteiger partial charge on any atom is 0.234 e. The largest absolute Gasteiger partial charge is 0.348 e. The van der Waals surface area contributed by atoms with E-state index in [1.54, 1.807) is 0 Å². The minimum atomic E-state index is 0.0611. The Morgan fingerprint density at radius 3 is 2.44 bits per heavy atom. The van der Waals surface area contributed by atoms with Crippen molar-refractivity contribution in [2.24, 2.45) is 5.92 Å². The molecule has 1 aromatic carbocycles. The molecule has 0 aromatic heterocycles. The molecule has 0 aliphatic carbocycles. The molecular weight excluding hydrogens is 224 g/mol.